The summed E-state index contributed by atoms with van der Waals surface area (Å²) in [4.78, 5) is 25.3. The first-order valence-electron chi connectivity index (χ1n) is 6.77. The van der Waals surface area contributed by atoms with Crippen molar-refractivity contribution in [2.45, 2.75) is 31.8 Å². The second-order valence-electron chi connectivity index (χ2n) is 5.80. The fraction of sp³-hybridized carbons (Fsp3) is 0.467. The highest BCUT2D eigenvalue weighted by molar-refractivity contribution is 6.01. The van der Waals surface area contributed by atoms with Gasteiger partial charge in [0.25, 0.3) is 0 Å². The summed E-state index contributed by atoms with van der Waals surface area (Å²) in [5.74, 6) is -1.01. The Morgan fingerprint density at radius 1 is 1.43 bits per heavy atom. The van der Waals surface area contributed by atoms with Gasteiger partial charge in [0.15, 0.2) is 0 Å². The third-order valence-corrected chi connectivity index (χ3v) is 3.43. The highest BCUT2D eigenvalue weighted by atomic mass is 16.5. The van der Waals surface area contributed by atoms with Gasteiger partial charge in [0, 0.05) is 19.2 Å². The lowest BCUT2D eigenvalue weighted by Gasteiger charge is -2.30. The molecule has 114 valence electrons. The molecule has 6 heteroatoms. The van der Waals surface area contributed by atoms with E-state index in [0.717, 1.165) is 5.56 Å². The lowest BCUT2D eigenvalue weighted by atomic mass is 10.1. The highest BCUT2D eigenvalue weighted by Gasteiger charge is 2.39. The number of aliphatic carboxylic acids is 1. The summed E-state index contributed by atoms with van der Waals surface area (Å²) in [6.45, 7) is 3.99. The van der Waals surface area contributed by atoms with Crippen molar-refractivity contribution in [3.8, 4) is 0 Å². The molecular formula is C15H20N2O4. The van der Waals surface area contributed by atoms with E-state index in [0.29, 0.717) is 18.7 Å². The van der Waals surface area contributed by atoms with E-state index in [-0.39, 0.29) is 0 Å². The minimum Gasteiger partial charge on any atom is -0.480 e. The molecule has 0 bridgehead atoms. The number of fused-ring (bicyclic) bond motifs is 1. The lowest BCUT2D eigenvalue weighted by Crippen LogP contribution is -2.55. The van der Waals surface area contributed by atoms with E-state index in [1.165, 1.54) is 4.90 Å². The number of urea groups is 1. The van der Waals surface area contributed by atoms with Crippen LogP contribution in [0.3, 0.4) is 0 Å². The van der Waals surface area contributed by atoms with Crippen LogP contribution >= 0.6 is 0 Å². The van der Waals surface area contributed by atoms with Gasteiger partial charge >= 0.3 is 12.0 Å². The van der Waals surface area contributed by atoms with E-state index >= 15 is 0 Å². The number of hydrogen-bond acceptors (Lipinski definition) is 3. The Kier molecular flexibility index (Phi) is 4.18. The van der Waals surface area contributed by atoms with Crippen molar-refractivity contribution < 1.29 is 19.4 Å². The topological polar surface area (TPSA) is 78.9 Å². The van der Waals surface area contributed by atoms with Gasteiger partial charge in [-0.3, -0.25) is 4.90 Å². The summed E-state index contributed by atoms with van der Waals surface area (Å²) in [6.07, 6.45) is 0.323. The molecule has 0 aromatic heterocycles. The first-order valence-corrected chi connectivity index (χ1v) is 6.77. The molecular weight excluding hydrogens is 272 g/mol. The smallest absolute Gasteiger partial charge is 0.327 e. The van der Waals surface area contributed by atoms with E-state index < -0.39 is 23.6 Å². The normalized spacial score (nSPS) is 17.5. The first kappa shape index (κ1) is 15.3. The van der Waals surface area contributed by atoms with Gasteiger partial charge in [-0.25, -0.2) is 9.59 Å². The largest absolute Gasteiger partial charge is 0.480 e. The molecule has 1 aromatic rings. The van der Waals surface area contributed by atoms with Crippen LogP contribution in [0.25, 0.3) is 0 Å². The molecule has 0 fully saturated rings. The average molecular weight is 292 g/mol. The van der Waals surface area contributed by atoms with Crippen LogP contribution in [0.4, 0.5) is 10.5 Å². The van der Waals surface area contributed by atoms with E-state index in [4.69, 9.17) is 4.74 Å². The molecule has 0 aliphatic carbocycles. The number of carbonyl (C=O) groups excluding carboxylic acids is 1. The molecule has 0 radical (unpaired) electrons. The van der Waals surface area contributed by atoms with Gasteiger partial charge in [0.05, 0.1) is 12.1 Å². The zero-order chi connectivity index (χ0) is 15.6. The molecule has 1 aliphatic rings. The van der Waals surface area contributed by atoms with Crippen LogP contribution < -0.4 is 10.2 Å². The molecule has 1 aliphatic heterocycles. The van der Waals surface area contributed by atoms with Crippen molar-refractivity contribution in [1.82, 2.24) is 5.32 Å². The molecule has 6 nitrogen and oxygen atoms in total. The minimum atomic E-state index is -1.01. The van der Waals surface area contributed by atoms with Gasteiger partial charge in [-0.1, -0.05) is 18.2 Å². The molecule has 21 heavy (non-hydrogen) atoms. The fourth-order valence-corrected chi connectivity index (χ4v) is 2.58. The Balaban J connectivity index is 2.26. The molecule has 0 saturated heterocycles. The quantitative estimate of drug-likeness (QED) is 0.884. The van der Waals surface area contributed by atoms with E-state index in [1.807, 2.05) is 26.0 Å². The Bertz CT molecular complexity index is 556. The molecule has 1 heterocycles. The van der Waals surface area contributed by atoms with E-state index in [1.54, 1.807) is 19.2 Å². The Hall–Kier alpha value is -2.08. The number of carbonyl (C=O) groups is 2. The summed E-state index contributed by atoms with van der Waals surface area (Å²) in [5.41, 5.74) is 0.937. The number of rotatable bonds is 4. The Morgan fingerprint density at radius 3 is 2.71 bits per heavy atom. The number of para-hydroxylation sites is 1. The van der Waals surface area contributed by atoms with Gasteiger partial charge in [0.1, 0.15) is 6.04 Å². The molecule has 0 unspecified atom stereocenters. The van der Waals surface area contributed by atoms with Crippen molar-refractivity contribution in [3.63, 3.8) is 0 Å². The van der Waals surface area contributed by atoms with Crippen LogP contribution in [0.1, 0.15) is 19.4 Å². The average Bonchev–Trinajstić information content (AvgIpc) is 2.77. The summed E-state index contributed by atoms with van der Waals surface area (Å²) in [6, 6.07) is 5.95. The van der Waals surface area contributed by atoms with Crippen LogP contribution in [0.5, 0.6) is 0 Å². The van der Waals surface area contributed by atoms with Crippen molar-refractivity contribution >= 4 is 17.7 Å². The lowest BCUT2D eigenvalue weighted by molar-refractivity contribution is -0.138. The number of amides is 2. The predicted molar refractivity (Wildman–Crippen MR) is 78.5 cm³/mol. The molecule has 2 rings (SSSR count). The van der Waals surface area contributed by atoms with Crippen molar-refractivity contribution in [1.29, 1.82) is 0 Å². The van der Waals surface area contributed by atoms with Crippen LogP contribution in [-0.2, 0) is 16.0 Å². The number of nitrogens with one attached hydrogen (secondary N) is 1. The standard InChI is InChI=1S/C15H20N2O4/c1-15(2,9-21-3)16-14(20)17-11-7-5-4-6-10(11)8-12(17)13(18)19/h4-7,12H,8-9H2,1-3H3,(H,16,20)(H,18,19)/t12-/m0/s1. The van der Waals surface area contributed by atoms with E-state index in [9.17, 15) is 14.7 Å². The Morgan fingerprint density at radius 2 is 2.10 bits per heavy atom. The van der Waals surface area contributed by atoms with Crippen LogP contribution in [0, 0.1) is 0 Å². The van der Waals surface area contributed by atoms with Gasteiger partial charge in [-0.2, -0.15) is 0 Å². The molecule has 0 spiro atoms. The summed E-state index contributed by atoms with van der Waals surface area (Å²) >= 11 is 0. The third kappa shape index (κ3) is 3.16. The first-order chi connectivity index (χ1) is 9.85. The number of carboxylic acid groups (broad SMARTS) is 1. The number of carboxylic acids is 1. The number of methoxy groups -OCH3 is 1. The van der Waals surface area contributed by atoms with Crippen LogP contribution in [0.15, 0.2) is 24.3 Å². The molecule has 2 amide bonds. The van der Waals surface area contributed by atoms with Crippen LogP contribution in [-0.4, -0.2) is 42.4 Å². The molecule has 2 N–H and O–H groups in total. The number of ether oxygens (including phenoxy) is 1. The molecule has 1 aromatic carbocycles. The second kappa shape index (κ2) is 5.73. The van der Waals surface area contributed by atoms with E-state index in [2.05, 4.69) is 5.32 Å². The molecule has 0 saturated carbocycles. The summed E-state index contributed by atoms with van der Waals surface area (Å²) in [5, 5.41) is 12.2. The molecule has 1 atom stereocenters. The second-order valence-corrected chi connectivity index (χ2v) is 5.80. The number of anilines is 1. The van der Waals surface area contributed by atoms with Gasteiger partial charge < -0.3 is 15.2 Å². The maximum Gasteiger partial charge on any atom is 0.327 e. The maximum absolute atomic E-state index is 12.5. The third-order valence-electron chi connectivity index (χ3n) is 3.43. The number of nitrogens with zero attached hydrogens (tertiary/aromatic N) is 1. The predicted octanol–water partition coefficient (Wildman–Crippen LogP) is 1.64. The maximum atomic E-state index is 12.5. The van der Waals surface area contributed by atoms with Crippen molar-refractivity contribution in [3.05, 3.63) is 29.8 Å². The van der Waals surface area contributed by atoms with Gasteiger partial charge in [0.2, 0.25) is 0 Å². The highest BCUT2D eigenvalue weighted by Crippen LogP contribution is 2.32. The summed E-state index contributed by atoms with van der Waals surface area (Å²) < 4.78 is 5.06. The zero-order valence-electron chi connectivity index (χ0n) is 12.4. The Labute approximate surface area is 123 Å². The van der Waals surface area contributed by atoms with Crippen molar-refractivity contribution in [2.24, 2.45) is 0 Å². The fourth-order valence-electron chi connectivity index (χ4n) is 2.58. The minimum absolute atomic E-state index is 0.323. The monoisotopic (exact) mass is 292 g/mol. The summed E-state index contributed by atoms with van der Waals surface area (Å²) in [7, 11) is 1.55. The number of hydrogen-bond donors (Lipinski definition) is 2. The number of benzene rings is 1. The SMILES string of the molecule is COCC(C)(C)NC(=O)N1c2ccccc2C[C@H]1C(=O)O. The van der Waals surface area contributed by atoms with Gasteiger partial charge in [-0.05, 0) is 25.5 Å². The van der Waals surface area contributed by atoms with Crippen molar-refractivity contribution in [2.75, 3.05) is 18.6 Å². The zero-order valence-corrected chi connectivity index (χ0v) is 12.4. The van der Waals surface area contributed by atoms with Crippen LogP contribution in [0.2, 0.25) is 0 Å². The van der Waals surface area contributed by atoms with Gasteiger partial charge in [-0.15, -0.1) is 0 Å².